The summed E-state index contributed by atoms with van der Waals surface area (Å²) in [6.07, 6.45) is -8.53. The highest BCUT2D eigenvalue weighted by Crippen LogP contribution is 2.42. The Hall–Kier alpha value is -3.73. The number of aromatic nitrogens is 1. The molecule has 5 rings (SSSR count). The molecule has 4 heterocycles. The van der Waals surface area contributed by atoms with E-state index in [1.165, 1.54) is 20.2 Å². The highest BCUT2D eigenvalue weighted by molar-refractivity contribution is 7.86. The van der Waals surface area contributed by atoms with Crippen LogP contribution in [0.5, 0.6) is 0 Å². The Bertz CT molecular complexity index is 2670. The number of carboxylic acids is 1. The predicted molar refractivity (Wildman–Crippen MR) is 317 cm³/mol. The lowest BCUT2D eigenvalue weighted by molar-refractivity contribution is -0.316. The van der Waals surface area contributed by atoms with Crippen molar-refractivity contribution in [2.75, 3.05) is 66.3 Å². The molecule has 3 fully saturated rings. The highest BCUT2D eigenvalue weighted by Gasteiger charge is 2.54. The van der Waals surface area contributed by atoms with E-state index in [1.807, 2.05) is 59.7 Å². The lowest BCUT2D eigenvalue weighted by Crippen LogP contribution is -2.61. The molecule has 0 aliphatic carbocycles. The van der Waals surface area contributed by atoms with Gasteiger partial charge in [-0.05, 0) is 132 Å². The van der Waals surface area contributed by atoms with Crippen LogP contribution in [-0.2, 0) is 65.3 Å². The van der Waals surface area contributed by atoms with Crippen molar-refractivity contribution in [3.05, 3.63) is 45.7 Å². The summed E-state index contributed by atoms with van der Waals surface area (Å²) in [5, 5.41) is 67.0. The summed E-state index contributed by atoms with van der Waals surface area (Å²) in [5.74, 6) is -6.16. The van der Waals surface area contributed by atoms with Gasteiger partial charge in [0.1, 0.15) is 36.1 Å². The van der Waals surface area contributed by atoms with Crippen LogP contribution in [0.3, 0.4) is 0 Å². The Morgan fingerprint density at radius 3 is 2.21 bits per heavy atom. The molecule has 3 aliphatic rings. The van der Waals surface area contributed by atoms with Gasteiger partial charge in [0.25, 0.3) is 10.1 Å². The zero-order valence-corrected chi connectivity index (χ0v) is 53.4. The van der Waals surface area contributed by atoms with E-state index < -0.39 is 129 Å². The lowest BCUT2D eigenvalue weighted by atomic mass is 9.73. The zero-order chi connectivity index (χ0) is 62.8. The summed E-state index contributed by atoms with van der Waals surface area (Å²) in [6.45, 7) is 26.0. The van der Waals surface area contributed by atoms with Gasteiger partial charge in [0, 0.05) is 68.5 Å². The number of carbonyl (C=O) groups is 2. The maximum atomic E-state index is 14.8. The first kappa shape index (κ1) is 71.0. The van der Waals surface area contributed by atoms with Crippen molar-refractivity contribution in [2.45, 2.75) is 219 Å². The molecule has 1 aromatic carbocycles. The minimum atomic E-state index is -4.22. The van der Waals surface area contributed by atoms with Crippen LogP contribution < -0.4 is 10.7 Å². The number of benzene rings is 1. The molecule has 6 N–H and O–H groups in total. The summed E-state index contributed by atoms with van der Waals surface area (Å²) in [6, 6.07) is 5.01. The van der Waals surface area contributed by atoms with E-state index >= 15 is 0 Å². The Labute approximate surface area is 497 Å². The van der Waals surface area contributed by atoms with Crippen LogP contribution in [-0.4, -0.2) is 217 Å². The van der Waals surface area contributed by atoms with E-state index in [-0.39, 0.29) is 50.1 Å². The number of aliphatic hydroxyl groups excluding tert-OH is 2. The molecule has 0 unspecified atom stereocenters. The molecule has 0 radical (unpaired) electrons. The number of likely N-dealkylation sites (N-methyl/N-ethyl adjacent to an activating group) is 2. The third-order valence-corrected chi connectivity index (χ3v) is 18.9. The number of aliphatic hydroxyl groups is 4. The number of cyclic esters (lactones) is 1. The second kappa shape index (κ2) is 30.5. The predicted octanol–water partition coefficient (Wildman–Crippen LogP) is 4.54. The van der Waals surface area contributed by atoms with Gasteiger partial charge in [-0.2, -0.15) is 8.42 Å². The molecule has 84 heavy (non-hydrogen) atoms. The summed E-state index contributed by atoms with van der Waals surface area (Å²) in [5.41, 5.74) is -4.28. The summed E-state index contributed by atoms with van der Waals surface area (Å²) >= 11 is 0. The Morgan fingerprint density at radius 2 is 1.61 bits per heavy atom. The second-order valence-electron chi connectivity index (χ2n) is 24.4. The number of hydrogen-bond acceptors (Lipinski definition) is 21. The van der Waals surface area contributed by atoms with E-state index in [0.717, 1.165) is 18.7 Å². The minimum Gasteiger partial charge on any atom is -0.477 e. The number of esters is 1. The second-order valence-corrected chi connectivity index (χ2v) is 26.2. The number of oxime groups is 1. The smallest absolute Gasteiger partial charge is 0.341 e. The van der Waals surface area contributed by atoms with Gasteiger partial charge in [-0.3, -0.25) is 13.8 Å². The maximum absolute atomic E-state index is 14.8. The standard InChI is InChI=1S/C60H101N5O18S/c1-17-46-60(13,73)52(68)37(7)48(62-77-28-27-64(18-2)19-3)35(5)32-58(11,72)53(82-57-50(67)45(63(14)15)30-36(6)78-57)38(8)51(39(9)56(71)80-46)81-47-33-59(12,76-16)54(40(10)79-47)83-84(74,75)29-26-61-25-21-22-41-23-24-44-42(31-41)49(66)43(55(69)70)34-65(44)20-4/h23-24,31,34-40,45-47,50-54,57,61,67-68,72-73H,17-22,25-30,32-33H2,1-16H3,(H,69,70)/b62-48+/t35-,36-,37+,38+,39-,40+,45+,46-,47+,50-,51+,52-,53-,54+,57+,58-,59-,60-/m1/s1. The number of fused-ring (bicyclic) bond motifs is 1. The molecule has 1 aromatic heterocycles. The van der Waals surface area contributed by atoms with Crippen molar-refractivity contribution in [1.29, 1.82) is 0 Å². The van der Waals surface area contributed by atoms with Crippen LogP contribution in [0.15, 0.2) is 34.3 Å². The number of aryl methyl sites for hydroxylation is 2. The summed E-state index contributed by atoms with van der Waals surface area (Å²) in [7, 11) is 0.890. The Balaban J connectivity index is 1.41. The number of nitrogens with one attached hydrogen (secondary N) is 1. The van der Waals surface area contributed by atoms with Crippen molar-refractivity contribution >= 4 is 38.7 Å². The fraction of sp³-hybridized carbons (Fsp3) is 0.800. The van der Waals surface area contributed by atoms with E-state index in [4.69, 9.17) is 37.4 Å². The first-order chi connectivity index (χ1) is 39.3. The molecule has 24 heteroatoms. The SMILES string of the molecule is CC[C@H]1OC(=O)[C@H](C)[C@@H](O[C@H]2C[C@@](C)(OC)[C@@H](OS(=O)(=O)CCNCCCc3ccc4c(c3)c(=O)c(C(=O)O)cn4CC)[C@H](C)O2)[C@H](C)[C@@H](O[C@@H]2O[C@H](C)C[C@H](N(C)C)[C@H]2O)[C@](C)(O)C[C@@H](C)/C(=N\OCCN(CC)CC)[C@H](C)[C@@H](O)[C@]1(C)O. The van der Waals surface area contributed by atoms with Crippen LogP contribution in [0.25, 0.3) is 10.9 Å². The molecule has 0 amide bonds. The number of pyridine rings is 1. The maximum Gasteiger partial charge on any atom is 0.341 e. The molecule has 18 atom stereocenters. The van der Waals surface area contributed by atoms with E-state index in [2.05, 4.69) is 15.4 Å². The van der Waals surface area contributed by atoms with Gasteiger partial charge in [0.05, 0.1) is 64.6 Å². The number of carboxylic acid groups (broad SMARTS) is 1. The van der Waals surface area contributed by atoms with Crippen LogP contribution in [0.1, 0.15) is 138 Å². The minimum absolute atomic E-state index is 0.0444. The van der Waals surface area contributed by atoms with Crippen LogP contribution >= 0.6 is 0 Å². The van der Waals surface area contributed by atoms with E-state index in [9.17, 15) is 48.3 Å². The number of nitrogens with zero attached hydrogens (tertiary/aromatic N) is 4. The molecular formula is C60H101N5O18S. The molecule has 480 valence electrons. The monoisotopic (exact) mass is 1210 g/mol. The zero-order valence-electron chi connectivity index (χ0n) is 52.6. The number of rotatable bonds is 24. The fourth-order valence-corrected chi connectivity index (χ4v) is 13.7. The molecule has 2 aromatic rings. The van der Waals surface area contributed by atoms with Gasteiger partial charge in [-0.25, -0.2) is 4.79 Å². The quantitative estimate of drug-likeness (QED) is 0.0364. The normalized spacial score (nSPS) is 35.6. The number of carbonyl (C=O) groups excluding carboxylic acids is 1. The topological polar surface area (TPSA) is 296 Å². The number of ether oxygens (including phenoxy) is 6. The van der Waals surface area contributed by atoms with E-state index in [1.54, 1.807) is 65.2 Å². The van der Waals surface area contributed by atoms with Gasteiger partial charge >= 0.3 is 11.9 Å². The number of hydrogen-bond donors (Lipinski definition) is 6. The average Bonchev–Trinajstić information content (AvgIpc) is 3.53. The van der Waals surface area contributed by atoms with E-state index in [0.29, 0.717) is 55.5 Å². The first-order valence-corrected chi connectivity index (χ1v) is 31.7. The van der Waals surface area contributed by atoms with Gasteiger partial charge < -0.3 is 78.5 Å². The molecule has 0 spiro atoms. The molecular weight excluding hydrogens is 1110 g/mol. The number of aromatic carboxylic acids is 1. The molecule has 3 aliphatic heterocycles. The molecule has 0 saturated carbocycles. The van der Waals surface area contributed by atoms with Crippen molar-refractivity contribution in [3.63, 3.8) is 0 Å². The average molecular weight is 1210 g/mol. The summed E-state index contributed by atoms with van der Waals surface area (Å²) in [4.78, 5) is 49.5. The van der Waals surface area contributed by atoms with Crippen molar-refractivity contribution in [2.24, 2.45) is 28.8 Å². The Kier molecular flexibility index (Phi) is 25.8. The highest BCUT2D eigenvalue weighted by atomic mass is 32.2. The number of methoxy groups -OCH3 is 1. The van der Waals surface area contributed by atoms with Crippen molar-refractivity contribution < 1.29 is 81.0 Å². The summed E-state index contributed by atoms with van der Waals surface area (Å²) < 4.78 is 74.0. The van der Waals surface area contributed by atoms with Crippen molar-refractivity contribution in [3.8, 4) is 0 Å². The third-order valence-electron chi connectivity index (χ3n) is 17.7. The van der Waals surface area contributed by atoms with Gasteiger partial charge in [-0.15, -0.1) is 0 Å². The molecule has 0 bridgehead atoms. The van der Waals surface area contributed by atoms with Gasteiger partial charge in [0.2, 0.25) is 5.43 Å². The van der Waals surface area contributed by atoms with Gasteiger partial charge in [0.15, 0.2) is 12.6 Å². The third kappa shape index (κ3) is 17.3. The van der Waals surface area contributed by atoms with Gasteiger partial charge in [-0.1, -0.05) is 52.8 Å². The fourth-order valence-electron chi connectivity index (χ4n) is 12.6. The van der Waals surface area contributed by atoms with Crippen LogP contribution in [0.4, 0.5) is 0 Å². The molecule has 23 nitrogen and oxygen atoms in total. The van der Waals surface area contributed by atoms with Crippen LogP contribution in [0.2, 0.25) is 0 Å². The van der Waals surface area contributed by atoms with Crippen LogP contribution in [0, 0.1) is 23.7 Å². The first-order valence-electron chi connectivity index (χ1n) is 30.1. The lowest BCUT2D eigenvalue weighted by Gasteiger charge is -2.49. The molecule has 3 saturated heterocycles. The Morgan fingerprint density at radius 1 is 0.929 bits per heavy atom. The van der Waals surface area contributed by atoms with Crippen molar-refractivity contribution in [1.82, 2.24) is 19.7 Å². The largest absolute Gasteiger partial charge is 0.477 e.